The van der Waals surface area contributed by atoms with E-state index in [0.29, 0.717) is 5.56 Å². The Labute approximate surface area is 126 Å². The van der Waals surface area contributed by atoms with Gasteiger partial charge in [0.1, 0.15) is 5.60 Å². The zero-order valence-corrected chi connectivity index (χ0v) is 12.8. The van der Waals surface area contributed by atoms with Gasteiger partial charge in [-0.15, -0.1) is 0 Å². The molecule has 1 N–H and O–H groups in total. The Morgan fingerprint density at radius 1 is 0.905 bits per heavy atom. The van der Waals surface area contributed by atoms with Gasteiger partial charge in [-0.3, -0.25) is 4.79 Å². The fourth-order valence-corrected chi connectivity index (χ4v) is 1.64. The van der Waals surface area contributed by atoms with E-state index in [1.54, 1.807) is 12.1 Å². The van der Waals surface area contributed by atoms with Crippen LogP contribution in [0.3, 0.4) is 0 Å². The summed E-state index contributed by atoms with van der Waals surface area (Å²) in [7, 11) is 0. The highest BCUT2D eigenvalue weighted by atomic mass is 16.3. The summed E-state index contributed by atoms with van der Waals surface area (Å²) in [6.07, 6.45) is 0. The van der Waals surface area contributed by atoms with E-state index in [1.165, 1.54) is 13.8 Å². The summed E-state index contributed by atoms with van der Waals surface area (Å²) in [5.74, 6) is -0.268. The van der Waals surface area contributed by atoms with E-state index in [4.69, 9.17) is 0 Å². The van der Waals surface area contributed by atoms with Crippen LogP contribution in [0.2, 0.25) is 0 Å². The van der Waals surface area contributed by atoms with Crippen molar-refractivity contribution in [3.8, 4) is 0 Å². The fraction of sp³-hybridized carbons (Fsp3) is 0.211. The molecule has 0 radical (unpaired) electrons. The van der Waals surface area contributed by atoms with Crippen molar-refractivity contribution in [2.24, 2.45) is 0 Å². The maximum absolute atomic E-state index is 11.7. The fourth-order valence-electron chi connectivity index (χ4n) is 1.64. The van der Waals surface area contributed by atoms with Crippen LogP contribution in [0, 0.1) is 0 Å². The summed E-state index contributed by atoms with van der Waals surface area (Å²) in [6.45, 7) is 8.70. The molecule has 0 amide bonds. The van der Waals surface area contributed by atoms with Gasteiger partial charge in [0.2, 0.25) is 0 Å². The summed E-state index contributed by atoms with van der Waals surface area (Å²) in [5.41, 5.74) is 1.16. The van der Waals surface area contributed by atoms with Crippen molar-refractivity contribution in [3.63, 3.8) is 0 Å². The van der Waals surface area contributed by atoms with Gasteiger partial charge in [0.05, 0.1) is 0 Å². The van der Waals surface area contributed by atoms with Gasteiger partial charge in [0.15, 0.2) is 5.78 Å². The number of Topliss-reactive ketones (excluding diaryl/α,β-unsaturated/α-hetero) is 1. The van der Waals surface area contributed by atoms with Crippen molar-refractivity contribution in [1.29, 1.82) is 0 Å². The lowest BCUT2D eigenvalue weighted by Gasteiger charge is -2.15. The minimum absolute atomic E-state index is 0.268. The zero-order chi connectivity index (χ0) is 15.9. The van der Waals surface area contributed by atoms with E-state index in [0.717, 1.165) is 11.1 Å². The average Bonchev–Trinajstić information content (AvgIpc) is 2.48. The number of aliphatic hydroxyl groups is 1. The molecule has 0 spiro atoms. The number of ketones is 1. The predicted molar refractivity (Wildman–Crippen MR) is 88.2 cm³/mol. The second-order valence-electron chi connectivity index (χ2n) is 5.40. The Kier molecular flexibility index (Phi) is 6.07. The molecule has 0 unspecified atom stereocenters. The maximum atomic E-state index is 11.7. The van der Waals surface area contributed by atoms with E-state index < -0.39 is 5.60 Å². The Balaban J connectivity index is 0.000000304. The molecule has 0 bridgehead atoms. The first kappa shape index (κ1) is 16.9. The molecule has 0 aliphatic heterocycles. The molecule has 0 saturated heterocycles. The van der Waals surface area contributed by atoms with Crippen molar-refractivity contribution in [1.82, 2.24) is 0 Å². The second-order valence-corrected chi connectivity index (χ2v) is 5.40. The first-order valence-electron chi connectivity index (χ1n) is 6.85. The molecule has 21 heavy (non-hydrogen) atoms. The van der Waals surface area contributed by atoms with E-state index >= 15 is 0 Å². The molecule has 110 valence electrons. The summed E-state index contributed by atoms with van der Waals surface area (Å²) in [5, 5.41) is 9.55. The van der Waals surface area contributed by atoms with E-state index in [9.17, 15) is 9.90 Å². The van der Waals surface area contributed by atoms with Gasteiger partial charge in [0, 0.05) is 5.56 Å². The molecular weight excluding hydrogens is 260 g/mol. The third-order valence-electron chi connectivity index (χ3n) is 2.86. The van der Waals surface area contributed by atoms with Crippen molar-refractivity contribution >= 4 is 11.4 Å². The van der Waals surface area contributed by atoms with Crippen molar-refractivity contribution in [3.05, 3.63) is 78.4 Å². The Morgan fingerprint density at radius 2 is 1.24 bits per heavy atom. The quantitative estimate of drug-likeness (QED) is 0.849. The maximum Gasteiger partial charge on any atom is 0.193 e. The highest BCUT2D eigenvalue weighted by molar-refractivity contribution is 6.01. The SMILES string of the molecule is C=C(C)c1ccc(C(=O)C(C)(C)O)cc1.c1ccccc1. The van der Waals surface area contributed by atoms with Crippen molar-refractivity contribution < 1.29 is 9.90 Å². The van der Waals surface area contributed by atoms with E-state index in [-0.39, 0.29) is 5.78 Å². The number of allylic oxidation sites excluding steroid dienone is 1. The van der Waals surface area contributed by atoms with Crippen LogP contribution in [0.15, 0.2) is 67.2 Å². The Bertz CT molecular complexity index is 549. The molecule has 0 saturated carbocycles. The lowest BCUT2D eigenvalue weighted by atomic mass is 9.95. The van der Waals surface area contributed by atoms with Gasteiger partial charge in [-0.2, -0.15) is 0 Å². The number of hydrogen-bond acceptors (Lipinski definition) is 2. The molecule has 2 aromatic carbocycles. The van der Waals surface area contributed by atoms with Crippen LogP contribution < -0.4 is 0 Å². The van der Waals surface area contributed by atoms with Crippen LogP contribution in [0.4, 0.5) is 0 Å². The van der Waals surface area contributed by atoms with Gasteiger partial charge in [-0.1, -0.05) is 72.8 Å². The molecular formula is C19H22O2. The van der Waals surface area contributed by atoms with Gasteiger partial charge in [-0.05, 0) is 26.3 Å². The van der Waals surface area contributed by atoms with Gasteiger partial charge in [-0.25, -0.2) is 0 Å². The molecule has 2 rings (SSSR count). The third kappa shape index (κ3) is 5.76. The van der Waals surface area contributed by atoms with Gasteiger partial charge in [0.25, 0.3) is 0 Å². The Morgan fingerprint density at radius 3 is 1.52 bits per heavy atom. The predicted octanol–water partition coefficient (Wildman–Crippen LogP) is 4.36. The summed E-state index contributed by atoms with van der Waals surface area (Å²) < 4.78 is 0. The number of benzene rings is 2. The first-order valence-corrected chi connectivity index (χ1v) is 6.85. The topological polar surface area (TPSA) is 37.3 Å². The van der Waals surface area contributed by atoms with E-state index in [2.05, 4.69) is 6.58 Å². The molecule has 2 nitrogen and oxygen atoms in total. The van der Waals surface area contributed by atoms with Crippen molar-refractivity contribution in [2.45, 2.75) is 26.4 Å². The molecule has 0 aliphatic rings. The van der Waals surface area contributed by atoms with Gasteiger partial charge < -0.3 is 5.11 Å². The van der Waals surface area contributed by atoms with Crippen LogP contribution in [0.1, 0.15) is 36.7 Å². The standard InChI is InChI=1S/C13H16O2.C6H6/c1-9(2)10-5-7-11(8-6-10)12(14)13(3,4)15;1-2-4-6-5-3-1/h5-8,15H,1H2,2-4H3;1-6H. The smallest absolute Gasteiger partial charge is 0.193 e. The largest absolute Gasteiger partial charge is 0.382 e. The summed E-state index contributed by atoms with van der Waals surface area (Å²) >= 11 is 0. The van der Waals surface area contributed by atoms with Crippen LogP contribution in [-0.4, -0.2) is 16.5 Å². The highest BCUT2D eigenvalue weighted by Crippen LogP contribution is 2.16. The first-order chi connectivity index (χ1) is 9.82. The van der Waals surface area contributed by atoms with Crippen LogP contribution in [0.25, 0.3) is 5.57 Å². The normalized spacial score (nSPS) is 10.3. The van der Waals surface area contributed by atoms with E-state index in [1.807, 2.05) is 55.5 Å². The third-order valence-corrected chi connectivity index (χ3v) is 2.86. The van der Waals surface area contributed by atoms with Crippen molar-refractivity contribution in [2.75, 3.05) is 0 Å². The number of hydrogen-bond donors (Lipinski definition) is 1. The number of carbonyl (C=O) groups excluding carboxylic acids is 1. The molecule has 2 aromatic rings. The molecule has 0 aromatic heterocycles. The van der Waals surface area contributed by atoms with Crippen LogP contribution >= 0.6 is 0 Å². The molecule has 0 heterocycles. The summed E-state index contributed by atoms with van der Waals surface area (Å²) in [6, 6.07) is 19.1. The number of carbonyl (C=O) groups is 1. The average molecular weight is 282 g/mol. The lowest BCUT2D eigenvalue weighted by molar-refractivity contribution is 0.0488. The zero-order valence-electron chi connectivity index (χ0n) is 12.8. The highest BCUT2D eigenvalue weighted by Gasteiger charge is 2.24. The van der Waals surface area contributed by atoms with Gasteiger partial charge >= 0.3 is 0 Å². The minimum atomic E-state index is -1.31. The lowest BCUT2D eigenvalue weighted by Crippen LogP contribution is -2.30. The number of rotatable bonds is 3. The minimum Gasteiger partial charge on any atom is -0.382 e. The Hall–Kier alpha value is -2.19. The molecule has 0 aliphatic carbocycles. The molecule has 0 atom stereocenters. The van der Waals surface area contributed by atoms with Crippen LogP contribution in [0.5, 0.6) is 0 Å². The second kappa shape index (κ2) is 7.55. The molecule has 0 fully saturated rings. The molecule has 2 heteroatoms. The summed E-state index contributed by atoms with van der Waals surface area (Å²) in [4.78, 5) is 11.7. The van der Waals surface area contributed by atoms with Crippen LogP contribution in [-0.2, 0) is 0 Å². The monoisotopic (exact) mass is 282 g/mol.